The highest BCUT2D eigenvalue weighted by Crippen LogP contribution is 2.23. The first kappa shape index (κ1) is 15.0. The summed E-state index contributed by atoms with van der Waals surface area (Å²) >= 11 is 0. The van der Waals surface area contributed by atoms with Gasteiger partial charge in [-0.2, -0.15) is 0 Å². The molecule has 1 heterocycles. The second kappa shape index (κ2) is 7.38. The highest BCUT2D eigenvalue weighted by molar-refractivity contribution is 5.77. The van der Waals surface area contributed by atoms with Gasteiger partial charge in [0.25, 0.3) is 0 Å². The number of aliphatic hydroxyl groups excluding tert-OH is 1. The summed E-state index contributed by atoms with van der Waals surface area (Å²) in [6, 6.07) is 9.40. The van der Waals surface area contributed by atoms with Gasteiger partial charge in [-0.25, -0.2) is 4.79 Å². The van der Waals surface area contributed by atoms with E-state index >= 15 is 0 Å². The molecule has 1 N–H and O–H groups in total. The predicted molar refractivity (Wildman–Crippen MR) is 76.3 cm³/mol. The second-order valence-corrected chi connectivity index (χ2v) is 4.94. The Kier molecular flexibility index (Phi) is 5.52. The average molecular weight is 278 g/mol. The van der Waals surface area contributed by atoms with Crippen molar-refractivity contribution < 1.29 is 14.6 Å². The van der Waals surface area contributed by atoms with E-state index in [1.54, 1.807) is 0 Å². The lowest BCUT2D eigenvalue weighted by molar-refractivity contribution is -0.148. The molecule has 1 unspecified atom stereocenters. The maximum absolute atomic E-state index is 12.1. The summed E-state index contributed by atoms with van der Waals surface area (Å²) in [4.78, 5) is 16.5. The predicted octanol–water partition coefficient (Wildman–Crippen LogP) is 0.511. The van der Waals surface area contributed by atoms with Crippen LogP contribution in [-0.2, 0) is 9.53 Å². The first-order valence-electron chi connectivity index (χ1n) is 6.96. The number of aliphatic hydroxyl groups is 1. The van der Waals surface area contributed by atoms with E-state index in [-0.39, 0.29) is 18.6 Å². The zero-order valence-electron chi connectivity index (χ0n) is 11.9. The van der Waals surface area contributed by atoms with E-state index in [0.717, 1.165) is 31.7 Å². The van der Waals surface area contributed by atoms with Crippen LogP contribution in [-0.4, -0.2) is 67.3 Å². The van der Waals surface area contributed by atoms with E-state index in [0.29, 0.717) is 6.54 Å². The topological polar surface area (TPSA) is 53.0 Å². The Labute approximate surface area is 119 Å². The number of carbonyl (C=O) groups is 1. The maximum atomic E-state index is 12.1. The van der Waals surface area contributed by atoms with Gasteiger partial charge in [0.05, 0.1) is 13.7 Å². The van der Waals surface area contributed by atoms with Crippen LogP contribution in [0.5, 0.6) is 0 Å². The first-order valence-corrected chi connectivity index (χ1v) is 6.96. The number of rotatable bonds is 5. The number of nitrogens with zero attached hydrogens (tertiary/aromatic N) is 2. The molecular weight excluding hydrogens is 256 g/mol. The molecule has 0 aliphatic carbocycles. The number of methoxy groups -OCH3 is 1. The van der Waals surface area contributed by atoms with Crippen molar-refractivity contribution in [3.63, 3.8) is 0 Å². The molecule has 1 saturated heterocycles. The van der Waals surface area contributed by atoms with Gasteiger partial charge in [0, 0.05) is 32.7 Å². The molecule has 0 saturated carbocycles. The molecule has 5 heteroatoms. The van der Waals surface area contributed by atoms with Gasteiger partial charge < -0.3 is 9.84 Å². The Balaban J connectivity index is 2.07. The molecule has 0 radical (unpaired) electrons. The lowest BCUT2D eigenvalue weighted by Gasteiger charge is -2.38. The number of ether oxygens (including phenoxy) is 1. The molecule has 110 valence electrons. The summed E-state index contributed by atoms with van der Waals surface area (Å²) in [6.07, 6.45) is 0. The lowest BCUT2D eigenvalue weighted by Crippen LogP contribution is -2.49. The van der Waals surface area contributed by atoms with Gasteiger partial charge in [-0.1, -0.05) is 30.3 Å². The highest BCUT2D eigenvalue weighted by Gasteiger charge is 2.30. The van der Waals surface area contributed by atoms with E-state index < -0.39 is 0 Å². The minimum atomic E-state index is -0.336. The Hall–Kier alpha value is -1.43. The van der Waals surface area contributed by atoms with Gasteiger partial charge in [0.15, 0.2) is 0 Å². The third-order valence-electron chi connectivity index (χ3n) is 3.73. The summed E-state index contributed by atoms with van der Waals surface area (Å²) in [5.41, 5.74) is 0.968. The van der Waals surface area contributed by atoms with E-state index in [2.05, 4.69) is 9.80 Å². The van der Waals surface area contributed by atoms with Crippen LogP contribution in [0.15, 0.2) is 30.3 Å². The highest BCUT2D eigenvalue weighted by atomic mass is 16.5. The number of carbonyl (C=O) groups excluding carboxylic acids is 1. The van der Waals surface area contributed by atoms with E-state index in [4.69, 9.17) is 9.84 Å². The molecule has 0 aromatic heterocycles. The Morgan fingerprint density at radius 3 is 2.45 bits per heavy atom. The summed E-state index contributed by atoms with van der Waals surface area (Å²) in [5, 5.41) is 8.97. The van der Waals surface area contributed by atoms with Crippen LogP contribution in [0, 0.1) is 0 Å². The fourth-order valence-corrected chi connectivity index (χ4v) is 2.63. The Morgan fingerprint density at radius 2 is 1.90 bits per heavy atom. The zero-order chi connectivity index (χ0) is 14.4. The number of hydrogen-bond acceptors (Lipinski definition) is 5. The van der Waals surface area contributed by atoms with Gasteiger partial charge >= 0.3 is 5.97 Å². The fourth-order valence-electron chi connectivity index (χ4n) is 2.63. The normalized spacial score (nSPS) is 18.7. The molecule has 1 atom stereocenters. The van der Waals surface area contributed by atoms with E-state index in [1.165, 1.54) is 7.11 Å². The number of benzene rings is 1. The van der Waals surface area contributed by atoms with Crippen molar-refractivity contribution in [1.29, 1.82) is 0 Å². The molecule has 1 aromatic rings. The van der Waals surface area contributed by atoms with Crippen LogP contribution in [0.3, 0.4) is 0 Å². The molecule has 1 fully saturated rings. The van der Waals surface area contributed by atoms with Crippen molar-refractivity contribution in [3.8, 4) is 0 Å². The standard InChI is InChI=1S/C15H22N2O3/c1-20-15(19)14(13-5-3-2-4-6-13)17-9-7-16(8-10-17)11-12-18/h2-6,14,18H,7-12H2,1H3. The third-order valence-corrected chi connectivity index (χ3v) is 3.73. The number of hydrogen-bond donors (Lipinski definition) is 1. The SMILES string of the molecule is COC(=O)C(c1ccccc1)N1CCN(CCO)CC1. The van der Waals surface area contributed by atoms with Crippen LogP contribution in [0.25, 0.3) is 0 Å². The van der Waals surface area contributed by atoms with E-state index in [1.807, 2.05) is 30.3 Å². The molecule has 20 heavy (non-hydrogen) atoms. The van der Waals surface area contributed by atoms with Gasteiger partial charge in [-0.05, 0) is 5.56 Å². The van der Waals surface area contributed by atoms with Gasteiger partial charge in [0.2, 0.25) is 0 Å². The Morgan fingerprint density at radius 1 is 1.25 bits per heavy atom. The third kappa shape index (κ3) is 3.56. The maximum Gasteiger partial charge on any atom is 0.327 e. The second-order valence-electron chi connectivity index (χ2n) is 4.94. The lowest BCUT2D eigenvalue weighted by atomic mass is 10.0. The van der Waals surface area contributed by atoms with Gasteiger partial charge in [0.1, 0.15) is 6.04 Å². The van der Waals surface area contributed by atoms with Crippen molar-refractivity contribution in [1.82, 2.24) is 9.80 Å². The number of β-amino-alcohol motifs (C(OH)–C–C–N with tert-alkyl or cyclic N) is 1. The smallest absolute Gasteiger partial charge is 0.327 e. The van der Waals surface area contributed by atoms with Crippen molar-refractivity contribution in [2.45, 2.75) is 6.04 Å². The molecule has 0 spiro atoms. The molecule has 1 aliphatic rings. The average Bonchev–Trinajstić information content (AvgIpc) is 2.50. The van der Waals surface area contributed by atoms with Crippen molar-refractivity contribution in [3.05, 3.63) is 35.9 Å². The quantitative estimate of drug-likeness (QED) is 0.795. The largest absolute Gasteiger partial charge is 0.468 e. The monoisotopic (exact) mass is 278 g/mol. The first-order chi connectivity index (χ1) is 9.76. The molecule has 2 rings (SSSR count). The molecule has 0 amide bonds. The van der Waals surface area contributed by atoms with Crippen LogP contribution >= 0.6 is 0 Å². The van der Waals surface area contributed by atoms with E-state index in [9.17, 15) is 4.79 Å². The van der Waals surface area contributed by atoms with Crippen molar-refractivity contribution in [2.24, 2.45) is 0 Å². The molecule has 5 nitrogen and oxygen atoms in total. The van der Waals surface area contributed by atoms with Crippen LogP contribution in [0.2, 0.25) is 0 Å². The van der Waals surface area contributed by atoms with Crippen molar-refractivity contribution in [2.75, 3.05) is 46.4 Å². The summed E-state index contributed by atoms with van der Waals surface area (Å²) in [6.45, 7) is 4.20. The molecule has 0 bridgehead atoms. The number of esters is 1. The van der Waals surface area contributed by atoms with Gasteiger partial charge in [-0.15, -0.1) is 0 Å². The summed E-state index contributed by atoms with van der Waals surface area (Å²) in [7, 11) is 1.43. The molecule has 1 aromatic carbocycles. The van der Waals surface area contributed by atoms with Crippen LogP contribution in [0.1, 0.15) is 11.6 Å². The van der Waals surface area contributed by atoms with Crippen LogP contribution < -0.4 is 0 Å². The zero-order valence-corrected chi connectivity index (χ0v) is 11.9. The molecule has 1 aliphatic heterocycles. The molecular formula is C15H22N2O3. The minimum absolute atomic E-state index is 0.180. The van der Waals surface area contributed by atoms with Crippen LogP contribution in [0.4, 0.5) is 0 Å². The Bertz CT molecular complexity index is 416. The minimum Gasteiger partial charge on any atom is -0.468 e. The van der Waals surface area contributed by atoms with Gasteiger partial charge in [-0.3, -0.25) is 9.80 Å². The summed E-state index contributed by atoms with van der Waals surface area (Å²) < 4.78 is 4.96. The number of piperazine rings is 1. The summed E-state index contributed by atoms with van der Waals surface area (Å²) in [5.74, 6) is -0.216. The van der Waals surface area contributed by atoms with Crippen molar-refractivity contribution >= 4 is 5.97 Å². The fraction of sp³-hybridized carbons (Fsp3) is 0.533.